The number of benzene rings is 2. The predicted molar refractivity (Wildman–Crippen MR) is 102 cm³/mol. The summed E-state index contributed by atoms with van der Waals surface area (Å²) in [6.45, 7) is 1.88. The van der Waals surface area contributed by atoms with E-state index in [9.17, 15) is 0 Å². The summed E-state index contributed by atoms with van der Waals surface area (Å²) >= 11 is 3.43. The standard InChI is InChI=1S/C20H16BrN3O2/c1-14(25-18-6-4-5-16(21)13-18)20-22-19(23-26-20)15-7-9-17(10-8-15)24-11-2-3-12-24/h2-14H,1H3. The number of hydrogen-bond donors (Lipinski definition) is 0. The third-order valence-corrected chi connectivity index (χ3v) is 4.42. The molecule has 0 radical (unpaired) electrons. The Morgan fingerprint density at radius 3 is 2.54 bits per heavy atom. The van der Waals surface area contributed by atoms with Crippen molar-refractivity contribution in [2.24, 2.45) is 0 Å². The van der Waals surface area contributed by atoms with Crippen molar-refractivity contribution in [2.45, 2.75) is 13.0 Å². The molecule has 0 spiro atoms. The Hall–Kier alpha value is -2.86. The molecule has 2 aromatic heterocycles. The van der Waals surface area contributed by atoms with Gasteiger partial charge >= 0.3 is 0 Å². The molecule has 130 valence electrons. The molecule has 1 atom stereocenters. The highest BCUT2D eigenvalue weighted by molar-refractivity contribution is 9.10. The zero-order valence-electron chi connectivity index (χ0n) is 14.0. The third kappa shape index (κ3) is 3.55. The average Bonchev–Trinajstić information content (AvgIpc) is 3.34. The predicted octanol–water partition coefficient (Wildman–Crippen LogP) is 5.43. The fourth-order valence-electron chi connectivity index (χ4n) is 2.60. The molecule has 0 saturated carbocycles. The maximum Gasteiger partial charge on any atom is 0.267 e. The Bertz CT molecular complexity index is 994. The van der Waals surface area contributed by atoms with Gasteiger partial charge in [-0.25, -0.2) is 0 Å². The van der Waals surface area contributed by atoms with Crippen LogP contribution in [0.2, 0.25) is 0 Å². The first-order valence-electron chi connectivity index (χ1n) is 8.19. The van der Waals surface area contributed by atoms with Crippen LogP contribution in [-0.2, 0) is 0 Å². The molecule has 2 aromatic carbocycles. The topological polar surface area (TPSA) is 53.1 Å². The van der Waals surface area contributed by atoms with Gasteiger partial charge in [0.15, 0.2) is 6.10 Å². The summed E-state index contributed by atoms with van der Waals surface area (Å²) < 4.78 is 14.2. The molecule has 0 aliphatic heterocycles. The summed E-state index contributed by atoms with van der Waals surface area (Å²) in [5, 5.41) is 4.08. The normalized spacial score (nSPS) is 12.1. The summed E-state index contributed by atoms with van der Waals surface area (Å²) in [6, 6.07) is 19.6. The lowest BCUT2D eigenvalue weighted by atomic mass is 10.2. The van der Waals surface area contributed by atoms with E-state index in [0.29, 0.717) is 11.7 Å². The molecule has 0 saturated heterocycles. The Kier molecular flexibility index (Phi) is 4.58. The highest BCUT2D eigenvalue weighted by Crippen LogP contribution is 2.25. The van der Waals surface area contributed by atoms with Crippen molar-refractivity contribution in [1.29, 1.82) is 0 Å². The van der Waals surface area contributed by atoms with Gasteiger partial charge in [0.25, 0.3) is 5.89 Å². The summed E-state index contributed by atoms with van der Waals surface area (Å²) in [5.41, 5.74) is 1.97. The number of aromatic nitrogens is 3. The van der Waals surface area contributed by atoms with E-state index >= 15 is 0 Å². The molecule has 0 aliphatic carbocycles. The van der Waals surface area contributed by atoms with E-state index in [1.807, 2.05) is 84.5 Å². The maximum atomic E-state index is 5.87. The molecule has 0 amide bonds. The van der Waals surface area contributed by atoms with Crippen LogP contribution in [0.3, 0.4) is 0 Å². The molecule has 0 N–H and O–H groups in total. The fraction of sp³-hybridized carbons (Fsp3) is 0.100. The van der Waals surface area contributed by atoms with Gasteiger partial charge < -0.3 is 13.8 Å². The minimum atomic E-state index is -0.343. The maximum absolute atomic E-state index is 5.87. The van der Waals surface area contributed by atoms with E-state index in [2.05, 4.69) is 26.1 Å². The van der Waals surface area contributed by atoms with Gasteiger partial charge in [0.2, 0.25) is 5.82 Å². The Morgan fingerprint density at radius 1 is 1.04 bits per heavy atom. The average molecular weight is 410 g/mol. The lowest BCUT2D eigenvalue weighted by Crippen LogP contribution is -2.03. The molecular formula is C20H16BrN3O2. The van der Waals surface area contributed by atoms with Crippen molar-refractivity contribution >= 4 is 15.9 Å². The van der Waals surface area contributed by atoms with Crippen LogP contribution in [0.4, 0.5) is 0 Å². The molecule has 5 nitrogen and oxygen atoms in total. The molecule has 0 aliphatic rings. The Morgan fingerprint density at radius 2 is 1.81 bits per heavy atom. The summed E-state index contributed by atoms with van der Waals surface area (Å²) in [6.07, 6.45) is 3.66. The van der Waals surface area contributed by atoms with Crippen molar-refractivity contribution in [3.8, 4) is 22.8 Å². The van der Waals surface area contributed by atoms with E-state index in [-0.39, 0.29) is 6.10 Å². The van der Waals surface area contributed by atoms with Crippen LogP contribution in [0, 0.1) is 0 Å². The Balaban J connectivity index is 1.50. The van der Waals surface area contributed by atoms with Gasteiger partial charge in [-0.15, -0.1) is 0 Å². The van der Waals surface area contributed by atoms with E-state index < -0.39 is 0 Å². The summed E-state index contributed by atoms with van der Waals surface area (Å²) in [5.74, 6) is 1.72. The second-order valence-electron chi connectivity index (χ2n) is 5.81. The molecule has 6 heteroatoms. The summed E-state index contributed by atoms with van der Waals surface area (Å²) in [4.78, 5) is 4.47. The van der Waals surface area contributed by atoms with E-state index in [4.69, 9.17) is 9.26 Å². The molecule has 4 aromatic rings. The number of halogens is 1. The highest BCUT2D eigenvalue weighted by atomic mass is 79.9. The quantitative estimate of drug-likeness (QED) is 0.440. The van der Waals surface area contributed by atoms with Gasteiger partial charge in [-0.3, -0.25) is 0 Å². The van der Waals surface area contributed by atoms with Crippen LogP contribution in [0.15, 0.2) is 82.1 Å². The first-order chi connectivity index (χ1) is 12.7. The number of ether oxygens (including phenoxy) is 1. The van der Waals surface area contributed by atoms with Crippen molar-refractivity contribution in [1.82, 2.24) is 14.7 Å². The van der Waals surface area contributed by atoms with Crippen molar-refractivity contribution in [3.63, 3.8) is 0 Å². The van der Waals surface area contributed by atoms with Gasteiger partial charge in [-0.1, -0.05) is 27.2 Å². The number of rotatable bonds is 5. The van der Waals surface area contributed by atoms with Crippen LogP contribution in [0.1, 0.15) is 18.9 Å². The van der Waals surface area contributed by atoms with E-state index in [0.717, 1.165) is 21.5 Å². The number of hydrogen-bond acceptors (Lipinski definition) is 4. The van der Waals surface area contributed by atoms with Crippen molar-refractivity contribution in [2.75, 3.05) is 0 Å². The smallest absolute Gasteiger partial charge is 0.267 e. The lowest BCUT2D eigenvalue weighted by molar-refractivity contribution is 0.175. The zero-order valence-corrected chi connectivity index (χ0v) is 15.6. The lowest BCUT2D eigenvalue weighted by Gasteiger charge is -2.10. The van der Waals surface area contributed by atoms with Crippen molar-refractivity contribution in [3.05, 3.63) is 83.4 Å². The molecule has 2 heterocycles. The first-order valence-corrected chi connectivity index (χ1v) is 8.98. The van der Waals surface area contributed by atoms with Crippen molar-refractivity contribution < 1.29 is 9.26 Å². The van der Waals surface area contributed by atoms with E-state index in [1.165, 1.54) is 0 Å². The Labute approximate surface area is 159 Å². The van der Waals surface area contributed by atoms with Gasteiger partial charge in [0, 0.05) is 28.1 Å². The van der Waals surface area contributed by atoms with Crippen LogP contribution in [0.25, 0.3) is 17.1 Å². The van der Waals surface area contributed by atoms with Crippen LogP contribution >= 0.6 is 15.9 Å². The monoisotopic (exact) mass is 409 g/mol. The van der Waals surface area contributed by atoms with Gasteiger partial charge in [-0.05, 0) is 61.5 Å². The molecule has 0 bridgehead atoms. The largest absolute Gasteiger partial charge is 0.481 e. The molecule has 26 heavy (non-hydrogen) atoms. The summed E-state index contributed by atoms with van der Waals surface area (Å²) in [7, 11) is 0. The molecule has 0 fully saturated rings. The fourth-order valence-corrected chi connectivity index (χ4v) is 2.98. The molecular weight excluding hydrogens is 394 g/mol. The first kappa shape index (κ1) is 16.6. The second kappa shape index (κ2) is 7.17. The van der Waals surface area contributed by atoms with Gasteiger partial charge in [-0.2, -0.15) is 4.98 Å². The SMILES string of the molecule is CC(Oc1cccc(Br)c1)c1nc(-c2ccc(-n3cccc3)cc2)no1. The minimum absolute atomic E-state index is 0.343. The van der Waals surface area contributed by atoms with E-state index in [1.54, 1.807) is 0 Å². The third-order valence-electron chi connectivity index (χ3n) is 3.93. The van der Waals surface area contributed by atoms with Gasteiger partial charge in [0.1, 0.15) is 5.75 Å². The van der Waals surface area contributed by atoms with Crippen LogP contribution in [-0.4, -0.2) is 14.7 Å². The second-order valence-corrected chi connectivity index (χ2v) is 6.73. The minimum Gasteiger partial charge on any atom is -0.481 e. The molecule has 1 unspecified atom stereocenters. The highest BCUT2D eigenvalue weighted by Gasteiger charge is 2.17. The zero-order chi connectivity index (χ0) is 17.9. The van der Waals surface area contributed by atoms with Gasteiger partial charge in [0.05, 0.1) is 0 Å². The van der Waals surface area contributed by atoms with Crippen LogP contribution < -0.4 is 4.74 Å². The molecule has 4 rings (SSSR count). The number of nitrogens with zero attached hydrogens (tertiary/aromatic N) is 3. The van der Waals surface area contributed by atoms with Crippen LogP contribution in [0.5, 0.6) is 5.75 Å².